The molecule has 9 heteroatoms. The maximum absolute atomic E-state index is 12.8. The fourth-order valence-electron chi connectivity index (χ4n) is 3.45. The highest BCUT2D eigenvalue weighted by Gasteiger charge is 2.41. The molecule has 1 amide bonds. The third-order valence-corrected chi connectivity index (χ3v) is 7.05. The van der Waals surface area contributed by atoms with E-state index in [2.05, 4.69) is 5.32 Å². The van der Waals surface area contributed by atoms with E-state index in [1.165, 1.54) is 28.6 Å². The topological polar surface area (TPSA) is 113 Å². The Bertz CT molecular complexity index is 811. The first-order valence-electron chi connectivity index (χ1n) is 9.09. The minimum Gasteiger partial charge on any atom is -0.480 e. The minimum atomic E-state index is -3.67. The number of piperidine rings is 1. The first kappa shape index (κ1) is 19.8. The van der Waals surface area contributed by atoms with E-state index in [0.717, 1.165) is 19.3 Å². The number of nitrogens with one attached hydrogen (secondary N) is 1. The molecule has 2 fully saturated rings. The van der Waals surface area contributed by atoms with Crippen LogP contribution < -0.4 is 5.32 Å². The lowest BCUT2D eigenvalue weighted by molar-refractivity contribution is -0.148. The zero-order valence-electron chi connectivity index (χ0n) is 15.0. The van der Waals surface area contributed by atoms with Crippen LogP contribution in [0.3, 0.4) is 0 Å². The highest BCUT2D eigenvalue weighted by molar-refractivity contribution is 7.89. The van der Waals surface area contributed by atoms with Gasteiger partial charge in [0.25, 0.3) is 5.91 Å². The van der Waals surface area contributed by atoms with Crippen molar-refractivity contribution in [1.82, 2.24) is 9.62 Å². The van der Waals surface area contributed by atoms with Gasteiger partial charge < -0.3 is 15.2 Å². The lowest BCUT2D eigenvalue weighted by Crippen LogP contribution is -2.57. The zero-order valence-corrected chi connectivity index (χ0v) is 15.8. The molecule has 3 rings (SSSR count). The van der Waals surface area contributed by atoms with E-state index in [1.54, 1.807) is 0 Å². The molecule has 0 unspecified atom stereocenters. The van der Waals surface area contributed by atoms with Crippen LogP contribution in [0.25, 0.3) is 0 Å². The molecule has 2 aliphatic heterocycles. The summed E-state index contributed by atoms with van der Waals surface area (Å²) in [4.78, 5) is 24.4. The summed E-state index contributed by atoms with van der Waals surface area (Å²) >= 11 is 0. The maximum Gasteiger partial charge on any atom is 0.329 e. The van der Waals surface area contributed by atoms with Gasteiger partial charge in [-0.15, -0.1) is 0 Å². The molecule has 2 aliphatic rings. The molecule has 0 bridgehead atoms. The molecule has 2 heterocycles. The molecule has 8 nitrogen and oxygen atoms in total. The fourth-order valence-corrected chi connectivity index (χ4v) is 5.02. The van der Waals surface area contributed by atoms with E-state index in [0.29, 0.717) is 13.1 Å². The quantitative estimate of drug-likeness (QED) is 0.774. The summed E-state index contributed by atoms with van der Waals surface area (Å²) < 4.78 is 32.2. The first-order chi connectivity index (χ1) is 12.8. The monoisotopic (exact) mass is 396 g/mol. The molecule has 0 radical (unpaired) electrons. The lowest BCUT2D eigenvalue weighted by Gasteiger charge is -2.33. The van der Waals surface area contributed by atoms with E-state index in [4.69, 9.17) is 4.74 Å². The average molecular weight is 396 g/mol. The predicted octanol–water partition coefficient (Wildman–Crippen LogP) is 1.22. The predicted molar refractivity (Wildman–Crippen MR) is 96.9 cm³/mol. The van der Waals surface area contributed by atoms with Crippen LogP contribution in [0.4, 0.5) is 0 Å². The Hall–Kier alpha value is -1.97. The summed E-state index contributed by atoms with van der Waals surface area (Å²) in [5, 5.41) is 12.1. The molecule has 2 N–H and O–H groups in total. The van der Waals surface area contributed by atoms with Gasteiger partial charge in [-0.2, -0.15) is 4.31 Å². The van der Waals surface area contributed by atoms with Gasteiger partial charge in [-0.3, -0.25) is 4.79 Å². The van der Waals surface area contributed by atoms with Crippen molar-refractivity contribution in [2.45, 2.75) is 42.5 Å². The summed E-state index contributed by atoms with van der Waals surface area (Å²) in [6, 6.07) is 5.76. The summed E-state index contributed by atoms with van der Waals surface area (Å²) in [7, 11) is -3.67. The van der Waals surface area contributed by atoms with Crippen molar-refractivity contribution >= 4 is 21.9 Å². The molecule has 0 spiro atoms. The molecule has 2 saturated heterocycles. The molecule has 0 atom stereocenters. The maximum atomic E-state index is 12.8. The number of aliphatic carboxylic acids is 1. The van der Waals surface area contributed by atoms with E-state index in [9.17, 15) is 23.1 Å². The smallest absolute Gasteiger partial charge is 0.329 e. The Morgan fingerprint density at radius 1 is 1.11 bits per heavy atom. The van der Waals surface area contributed by atoms with Crippen LogP contribution in [0, 0.1) is 0 Å². The van der Waals surface area contributed by atoms with Crippen LogP contribution in [0.1, 0.15) is 42.5 Å². The first-order valence-corrected chi connectivity index (χ1v) is 10.5. The van der Waals surface area contributed by atoms with Crippen molar-refractivity contribution in [3.05, 3.63) is 29.8 Å². The molecule has 1 aromatic rings. The van der Waals surface area contributed by atoms with E-state index < -0.39 is 27.4 Å². The molecule has 27 heavy (non-hydrogen) atoms. The highest BCUT2D eigenvalue weighted by Crippen LogP contribution is 2.24. The molecular weight excluding hydrogens is 372 g/mol. The Balaban J connectivity index is 1.82. The number of carboxylic acid groups (broad SMARTS) is 1. The van der Waals surface area contributed by atoms with Gasteiger partial charge in [0.2, 0.25) is 10.0 Å². The Morgan fingerprint density at radius 2 is 1.78 bits per heavy atom. The zero-order chi connectivity index (χ0) is 19.5. The van der Waals surface area contributed by atoms with Gasteiger partial charge in [0.1, 0.15) is 5.54 Å². The summed E-state index contributed by atoms with van der Waals surface area (Å²) in [5.41, 5.74) is -1.27. The molecule has 1 aromatic carbocycles. The van der Waals surface area contributed by atoms with Crippen LogP contribution in [0.5, 0.6) is 0 Å². The van der Waals surface area contributed by atoms with Crippen molar-refractivity contribution in [3.8, 4) is 0 Å². The number of sulfonamides is 1. The van der Waals surface area contributed by atoms with Crippen molar-refractivity contribution in [2.24, 2.45) is 0 Å². The standard InChI is InChI=1S/C18H24N2O6S/c21-16(19-18(17(22)23)7-11-26-12-8-18)14-5-4-6-15(13-14)27(24,25)20-9-2-1-3-10-20/h4-6,13H,1-3,7-12H2,(H,19,21)(H,22,23). The second-order valence-electron chi connectivity index (χ2n) is 6.95. The lowest BCUT2D eigenvalue weighted by atomic mass is 9.89. The number of carboxylic acids is 1. The number of hydrogen-bond acceptors (Lipinski definition) is 5. The van der Waals surface area contributed by atoms with E-state index in [-0.39, 0.29) is 36.5 Å². The van der Waals surface area contributed by atoms with E-state index >= 15 is 0 Å². The largest absolute Gasteiger partial charge is 0.480 e. The van der Waals surface area contributed by atoms with Crippen LogP contribution in [0.2, 0.25) is 0 Å². The van der Waals surface area contributed by atoms with Gasteiger partial charge in [0.05, 0.1) is 4.90 Å². The molecule has 148 valence electrons. The van der Waals surface area contributed by atoms with Crippen molar-refractivity contribution in [3.63, 3.8) is 0 Å². The number of nitrogens with zero attached hydrogens (tertiary/aromatic N) is 1. The second-order valence-corrected chi connectivity index (χ2v) is 8.88. The highest BCUT2D eigenvalue weighted by atomic mass is 32.2. The van der Waals surface area contributed by atoms with Crippen LogP contribution in [0.15, 0.2) is 29.2 Å². The van der Waals surface area contributed by atoms with Gasteiger partial charge in [0, 0.05) is 44.7 Å². The molecular formula is C18H24N2O6S. The van der Waals surface area contributed by atoms with Crippen LogP contribution in [-0.2, 0) is 19.6 Å². The Morgan fingerprint density at radius 3 is 2.41 bits per heavy atom. The third-order valence-electron chi connectivity index (χ3n) is 5.16. The summed E-state index contributed by atoms with van der Waals surface area (Å²) in [5.74, 6) is -1.72. The van der Waals surface area contributed by atoms with Crippen molar-refractivity contribution in [2.75, 3.05) is 26.3 Å². The van der Waals surface area contributed by atoms with Gasteiger partial charge in [-0.25, -0.2) is 13.2 Å². The normalized spacial score (nSPS) is 20.7. The number of ether oxygens (including phenoxy) is 1. The Kier molecular flexibility index (Phi) is 5.83. The van der Waals surface area contributed by atoms with Gasteiger partial charge in [0.15, 0.2) is 0 Å². The second kappa shape index (κ2) is 7.95. The van der Waals surface area contributed by atoms with E-state index in [1.807, 2.05) is 0 Å². The van der Waals surface area contributed by atoms with Crippen LogP contribution in [-0.4, -0.2) is 61.5 Å². The van der Waals surface area contributed by atoms with Gasteiger partial charge in [-0.05, 0) is 31.0 Å². The number of amides is 1. The number of benzene rings is 1. The number of carbonyl (C=O) groups excluding carboxylic acids is 1. The Labute approximate surface area is 158 Å². The molecule has 0 saturated carbocycles. The third kappa shape index (κ3) is 4.15. The fraction of sp³-hybridized carbons (Fsp3) is 0.556. The minimum absolute atomic E-state index is 0.0494. The molecule has 0 aromatic heterocycles. The SMILES string of the molecule is O=C(NC1(C(=O)O)CCOCC1)c1cccc(S(=O)(=O)N2CCCCC2)c1. The number of carbonyl (C=O) groups is 2. The number of rotatable bonds is 5. The number of hydrogen-bond donors (Lipinski definition) is 2. The van der Waals surface area contributed by atoms with Gasteiger partial charge >= 0.3 is 5.97 Å². The summed E-state index contributed by atoms with van der Waals surface area (Å²) in [6.07, 6.45) is 2.99. The van der Waals surface area contributed by atoms with Crippen molar-refractivity contribution < 1.29 is 27.9 Å². The average Bonchev–Trinajstić information content (AvgIpc) is 2.69. The van der Waals surface area contributed by atoms with Crippen LogP contribution >= 0.6 is 0 Å². The molecule has 0 aliphatic carbocycles. The van der Waals surface area contributed by atoms with Crippen molar-refractivity contribution in [1.29, 1.82) is 0 Å². The summed E-state index contributed by atoms with van der Waals surface area (Å²) in [6.45, 7) is 1.44. The van der Waals surface area contributed by atoms with Gasteiger partial charge in [-0.1, -0.05) is 12.5 Å².